The fraction of sp³-hybridized carbons (Fsp3) is 0.400. The number of carbonyl (C=O) groups is 1. The minimum atomic E-state index is -0.393. The summed E-state index contributed by atoms with van der Waals surface area (Å²) in [5.74, 6) is -0.563. The van der Waals surface area contributed by atoms with E-state index in [4.69, 9.17) is 4.74 Å². The van der Waals surface area contributed by atoms with Crippen molar-refractivity contribution in [2.45, 2.75) is 13.8 Å². The van der Waals surface area contributed by atoms with Crippen molar-refractivity contribution in [3.05, 3.63) is 20.9 Å². The van der Waals surface area contributed by atoms with Gasteiger partial charge >= 0.3 is 11.9 Å². The number of hydrogen-bond donors (Lipinski definition) is 0. The molecule has 0 aliphatic carbocycles. The normalized spacial score (nSPS) is 9.87. The van der Waals surface area contributed by atoms with Crippen LogP contribution in [0.15, 0.2) is 0 Å². The van der Waals surface area contributed by atoms with E-state index < -0.39 is 5.97 Å². The summed E-state index contributed by atoms with van der Waals surface area (Å²) in [7, 11) is 2.71. The Balaban J connectivity index is 3.26. The fourth-order valence-electron chi connectivity index (χ4n) is 1.36. The molecule has 0 radical (unpaired) electrons. The molecule has 0 aliphatic heterocycles. The Labute approximate surface area is 91.8 Å². The highest BCUT2D eigenvalue weighted by Crippen LogP contribution is 2.28. The second kappa shape index (κ2) is 4.44. The highest BCUT2D eigenvalue weighted by Gasteiger charge is 2.27. The molecule has 4 nitrogen and oxygen atoms in total. The van der Waals surface area contributed by atoms with Gasteiger partial charge in [-0.2, -0.15) is 0 Å². The molecule has 0 fully saturated rings. The van der Waals surface area contributed by atoms with E-state index in [-0.39, 0.29) is 5.97 Å². The first-order valence-electron chi connectivity index (χ1n) is 4.31. The molecule has 0 saturated heterocycles. The number of rotatable bonds is 2. The first-order valence-corrected chi connectivity index (χ1v) is 5.13. The van der Waals surface area contributed by atoms with Crippen molar-refractivity contribution in [2.24, 2.45) is 0 Å². The summed E-state index contributed by atoms with van der Waals surface area (Å²) in [6.07, 6.45) is 0. The molecular weight excluding hydrogens is 216 g/mol. The molecule has 0 aromatic carbocycles. The first-order chi connectivity index (χ1) is 7.02. The number of ether oxygens (including phenoxy) is 2. The predicted octanol–water partition coefficient (Wildman–Crippen LogP) is 1.65. The minimum Gasteiger partial charge on any atom is -0.465 e. The summed E-state index contributed by atoms with van der Waals surface area (Å²) in [5, 5.41) is 0. The van der Waals surface area contributed by atoms with Crippen LogP contribution in [0.5, 0.6) is 0 Å². The Morgan fingerprint density at radius 3 is 2.33 bits per heavy atom. The molecule has 0 saturated carbocycles. The smallest absolute Gasteiger partial charge is 0.465 e. The molecule has 15 heavy (non-hydrogen) atoms. The standard InChI is InChI=1S/C10H12O4S/c1-5-7(9(11)13-3)6(2)15-8(5)10(12)14-4/h1-4H3/p+1. The molecular formula is C10H13O4S+. The lowest BCUT2D eigenvalue weighted by Gasteiger charge is -1.96. The molecule has 82 valence electrons. The highest BCUT2D eigenvalue weighted by atomic mass is 32.1. The lowest BCUT2D eigenvalue weighted by molar-refractivity contribution is 0.0605. The molecule has 0 unspecified atom stereocenters. The van der Waals surface area contributed by atoms with Crippen molar-refractivity contribution in [3.63, 3.8) is 0 Å². The highest BCUT2D eigenvalue weighted by molar-refractivity contribution is 7.14. The first kappa shape index (κ1) is 11.7. The lowest BCUT2D eigenvalue weighted by Crippen LogP contribution is -2.07. The van der Waals surface area contributed by atoms with Gasteiger partial charge in [-0.3, -0.25) is 0 Å². The van der Waals surface area contributed by atoms with Crippen LogP contribution in [0.25, 0.3) is 0 Å². The summed E-state index contributed by atoms with van der Waals surface area (Å²) < 4.78 is 9.39. The molecule has 5 heteroatoms. The third-order valence-corrected chi connectivity index (χ3v) is 3.29. The van der Waals surface area contributed by atoms with E-state index in [9.17, 15) is 9.59 Å². The Morgan fingerprint density at radius 2 is 1.87 bits per heavy atom. The molecule has 1 heterocycles. The van der Waals surface area contributed by atoms with Crippen molar-refractivity contribution in [2.75, 3.05) is 14.2 Å². The van der Waals surface area contributed by atoms with E-state index in [1.165, 1.54) is 25.6 Å². The molecule has 0 aliphatic rings. The van der Waals surface area contributed by atoms with Crippen LogP contribution in [0.4, 0.5) is 0 Å². The van der Waals surface area contributed by atoms with Crippen molar-refractivity contribution in [1.82, 2.24) is 0 Å². The second-order valence-electron chi connectivity index (χ2n) is 2.99. The maximum atomic E-state index is 11.4. The number of carbonyl (C=O) groups excluding carboxylic acids is 2. The molecule has 1 N–H and O–H groups in total. The molecule has 0 amide bonds. The Morgan fingerprint density at radius 1 is 1.27 bits per heavy atom. The van der Waals surface area contributed by atoms with Gasteiger partial charge in [0, 0.05) is 4.88 Å². The van der Waals surface area contributed by atoms with Crippen LogP contribution in [0.3, 0.4) is 0 Å². The van der Waals surface area contributed by atoms with Gasteiger partial charge in [-0.15, -0.1) is 11.3 Å². The van der Waals surface area contributed by atoms with Crippen LogP contribution in [-0.4, -0.2) is 31.0 Å². The number of aryl methyl sites for hydroxylation is 1. The van der Waals surface area contributed by atoms with Gasteiger partial charge in [0.25, 0.3) is 0 Å². The number of methoxy groups -OCH3 is 2. The van der Waals surface area contributed by atoms with Crippen LogP contribution in [0.1, 0.15) is 25.7 Å². The summed E-state index contributed by atoms with van der Waals surface area (Å²) in [6, 6.07) is 0. The molecule has 1 rings (SSSR count). The predicted molar refractivity (Wildman–Crippen MR) is 58.2 cm³/mol. The van der Waals surface area contributed by atoms with Gasteiger partial charge < -0.3 is 14.3 Å². The largest absolute Gasteiger partial charge is 0.518 e. The molecule has 0 spiro atoms. The van der Waals surface area contributed by atoms with Crippen molar-refractivity contribution in [3.8, 4) is 0 Å². The average Bonchev–Trinajstić information content (AvgIpc) is 2.52. The van der Waals surface area contributed by atoms with E-state index in [1.807, 2.05) is 6.92 Å². The zero-order valence-electron chi connectivity index (χ0n) is 9.08. The third kappa shape index (κ3) is 2.02. The van der Waals surface area contributed by atoms with Crippen LogP contribution in [0, 0.1) is 13.8 Å². The Hall–Kier alpha value is -1.36. The van der Waals surface area contributed by atoms with Crippen LogP contribution < -0.4 is 0 Å². The maximum absolute atomic E-state index is 11.4. The van der Waals surface area contributed by atoms with Gasteiger partial charge in [-0.1, -0.05) is 0 Å². The van der Waals surface area contributed by atoms with Crippen molar-refractivity contribution >= 4 is 23.3 Å². The molecule has 1 aromatic heterocycles. The van der Waals surface area contributed by atoms with Crippen LogP contribution >= 0.6 is 11.3 Å². The zero-order valence-corrected chi connectivity index (χ0v) is 9.90. The van der Waals surface area contributed by atoms with E-state index in [0.717, 1.165) is 4.88 Å². The number of esters is 2. The van der Waals surface area contributed by atoms with Gasteiger partial charge in [0.05, 0.1) is 7.11 Å². The average molecular weight is 229 g/mol. The lowest BCUT2D eigenvalue weighted by atomic mass is 10.1. The van der Waals surface area contributed by atoms with Crippen LogP contribution in [-0.2, 0) is 9.47 Å². The van der Waals surface area contributed by atoms with Gasteiger partial charge in [0.2, 0.25) is 0 Å². The topological polar surface area (TPSA) is 56.9 Å². The van der Waals surface area contributed by atoms with Gasteiger partial charge in [0.1, 0.15) is 10.4 Å². The summed E-state index contributed by atoms with van der Waals surface area (Å²) >= 11 is 1.28. The van der Waals surface area contributed by atoms with Gasteiger partial charge in [-0.25, -0.2) is 4.79 Å². The fourth-order valence-corrected chi connectivity index (χ4v) is 2.43. The van der Waals surface area contributed by atoms with Crippen molar-refractivity contribution in [1.29, 1.82) is 0 Å². The van der Waals surface area contributed by atoms with Crippen molar-refractivity contribution < 1.29 is 19.1 Å². The molecule has 0 atom stereocenters. The Bertz CT molecular complexity index is 406. The molecule has 0 bridgehead atoms. The monoisotopic (exact) mass is 229 g/mol. The zero-order chi connectivity index (χ0) is 11.6. The van der Waals surface area contributed by atoms with Crippen LogP contribution in [0.2, 0.25) is 0 Å². The second-order valence-corrected chi connectivity index (χ2v) is 4.21. The third-order valence-electron chi connectivity index (χ3n) is 2.10. The number of hydrogen-bond acceptors (Lipinski definition) is 4. The molecule has 1 aromatic rings. The van der Waals surface area contributed by atoms with E-state index in [1.54, 1.807) is 6.92 Å². The van der Waals surface area contributed by atoms with E-state index in [0.29, 0.717) is 16.0 Å². The van der Waals surface area contributed by atoms with Gasteiger partial charge in [0.15, 0.2) is 7.11 Å². The van der Waals surface area contributed by atoms with Gasteiger partial charge in [-0.05, 0) is 19.4 Å². The maximum Gasteiger partial charge on any atom is 0.518 e. The minimum absolute atomic E-state index is 0.170. The number of thiophene rings is 1. The quantitative estimate of drug-likeness (QED) is 0.572. The summed E-state index contributed by atoms with van der Waals surface area (Å²) in [4.78, 5) is 22.2. The van der Waals surface area contributed by atoms with E-state index in [2.05, 4.69) is 4.74 Å². The summed E-state index contributed by atoms with van der Waals surface area (Å²) in [6.45, 7) is 3.56. The Kier molecular flexibility index (Phi) is 3.47. The SMILES string of the molecule is COC(=O)c1sc(C)c(C(=[OH+])OC)c1C. The van der Waals surface area contributed by atoms with E-state index >= 15 is 0 Å². The summed E-state index contributed by atoms with van der Waals surface area (Å²) in [5.41, 5.74) is 1.26.